The molecular formula is C19H23N3O2S. The molecule has 5 nitrogen and oxygen atoms in total. The molecule has 1 aliphatic rings. The molecule has 1 N–H and O–H groups in total. The highest BCUT2D eigenvalue weighted by molar-refractivity contribution is 7.99. The number of likely N-dealkylation sites (tertiary alicyclic amines) is 1. The van der Waals surface area contributed by atoms with E-state index < -0.39 is 0 Å². The van der Waals surface area contributed by atoms with Crippen LogP contribution in [0.2, 0.25) is 0 Å². The predicted molar refractivity (Wildman–Crippen MR) is 99.9 cm³/mol. The topological polar surface area (TPSA) is 66.1 Å². The van der Waals surface area contributed by atoms with Crippen LogP contribution < -0.4 is 5.56 Å². The van der Waals surface area contributed by atoms with Gasteiger partial charge < -0.3 is 9.88 Å². The van der Waals surface area contributed by atoms with Gasteiger partial charge in [0.1, 0.15) is 0 Å². The van der Waals surface area contributed by atoms with E-state index in [1.54, 1.807) is 6.92 Å². The molecule has 1 saturated heterocycles. The van der Waals surface area contributed by atoms with Crippen molar-refractivity contribution in [1.29, 1.82) is 0 Å². The van der Waals surface area contributed by atoms with Crippen molar-refractivity contribution in [3.63, 3.8) is 0 Å². The summed E-state index contributed by atoms with van der Waals surface area (Å²) in [5, 5.41) is 0.510. The molecule has 1 unspecified atom stereocenters. The van der Waals surface area contributed by atoms with E-state index in [1.165, 1.54) is 23.4 Å². The Labute approximate surface area is 151 Å². The lowest BCUT2D eigenvalue weighted by atomic mass is 9.92. The van der Waals surface area contributed by atoms with Gasteiger partial charge in [-0.05, 0) is 37.7 Å². The Kier molecular flexibility index (Phi) is 5.91. The van der Waals surface area contributed by atoms with Gasteiger partial charge in [-0.2, -0.15) is 0 Å². The Hall–Kier alpha value is -2.08. The van der Waals surface area contributed by atoms with Crippen LogP contribution in [0.25, 0.3) is 0 Å². The Bertz CT molecular complexity index is 776. The van der Waals surface area contributed by atoms with Crippen molar-refractivity contribution in [2.24, 2.45) is 0 Å². The number of aromatic amines is 1. The number of nitrogens with one attached hydrogen (secondary N) is 1. The second-order valence-electron chi connectivity index (χ2n) is 6.40. The third kappa shape index (κ3) is 4.95. The standard InChI is InChI=1S/C19H23N3O2S/c1-14-12-17(23)21-19(20-14)25-13-18(24)22-10-5-8-16(9-11-22)15-6-3-2-4-7-15/h2-4,6-7,12,16H,5,8-11,13H2,1H3,(H,20,21,23). The molecule has 2 heterocycles. The number of aromatic nitrogens is 2. The molecule has 1 aromatic carbocycles. The summed E-state index contributed by atoms with van der Waals surface area (Å²) in [4.78, 5) is 32.9. The molecule has 1 amide bonds. The lowest BCUT2D eigenvalue weighted by Gasteiger charge is -2.20. The SMILES string of the molecule is Cc1cc(=O)[nH]c(SCC(=O)N2CCCC(c3ccccc3)CC2)n1. The minimum atomic E-state index is -0.178. The van der Waals surface area contributed by atoms with Gasteiger partial charge in [0.15, 0.2) is 5.16 Å². The highest BCUT2D eigenvalue weighted by Crippen LogP contribution is 2.28. The highest BCUT2D eigenvalue weighted by atomic mass is 32.2. The maximum absolute atomic E-state index is 12.5. The number of nitrogens with zero attached hydrogens (tertiary/aromatic N) is 2. The first-order valence-corrected chi connectivity index (χ1v) is 9.64. The van der Waals surface area contributed by atoms with Crippen LogP contribution in [0.15, 0.2) is 46.3 Å². The van der Waals surface area contributed by atoms with Crippen LogP contribution in [0.1, 0.15) is 36.4 Å². The van der Waals surface area contributed by atoms with Crippen molar-refractivity contribution in [3.8, 4) is 0 Å². The minimum Gasteiger partial charge on any atom is -0.342 e. The molecule has 2 aromatic rings. The fourth-order valence-corrected chi connectivity index (χ4v) is 4.07. The minimum absolute atomic E-state index is 0.114. The van der Waals surface area contributed by atoms with Gasteiger partial charge in [0.05, 0.1) is 5.75 Å². The second-order valence-corrected chi connectivity index (χ2v) is 7.36. The normalized spacial score (nSPS) is 18.0. The van der Waals surface area contributed by atoms with E-state index in [-0.39, 0.29) is 11.5 Å². The Morgan fingerprint density at radius 2 is 2.08 bits per heavy atom. The number of thioether (sulfide) groups is 1. The summed E-state index contributed by atoms with van der Waals surface area (Å²) in [5.41, 5.74) is 1.86. The summed E-state index contributed by atoms with van der Waals surface area (Å²) >= 11 is 1.30. The number of hydrogen-bond acceptors (Lipinski definition) is 4. The van der Waals surface area contributed by atoms with Gasteiger partial charge in [-0.3, -0.25) is 9.59 Å². The number of H-pyrrole nitrogens is 1. The van der Waals surface area contributed by atoms with Crippen LogP contribution in [0.3, 0.4) is 0 Å². The molecule has 3 rings (SSSR count). The fourth-order valence-electron chi connectivity index (χ4n) is 3.25. The second kappa shape index (κ2) is 8.34. The van der Waals surface area contributed by atoms with Crippen molar-refractivity contribution in [2.75, 3.05) is 18.8 Å². The average molecular weight is 357 g/mol. The van der Waals surface area contributed by atoms with E-state index in [9.17, 15) is 9.59 Å². The molecule has 1 fully saturated rings. The van der Waals surface area contributed by atoms with Crippen LogP contribution in [-0.2, 0) is 4.79 Å². The quantitative estimate of drug-likeness (QED) is 0.675. The molecule has 1 aromatic heterocycles. The average Bonchev–Trinajstić information content (AvgIpc) is 2.86. The molecule has 1 atom stereocenters. The lowest BCUT2D eigenvalue weighted by molar-refractivity contribution is -0.128. The van der Waals surface area contributed by atoms with Crippen molar-refractivity contribution in [2.45, 2.75) is 37.3 Å². The monoisotopic (exact) mass is 357 g/mol. The van der Waals surface area contributed by atoms with Crippen molar-refractivity contribution in [3.05, 3.63) is 58.0 Å². The lowest BCUT2D eigenvalue weighted by Crippen LogP contribution is -2.33. The molecule has 132 valence electrons. The van der Waals surface area contributed by atoms with Gasteiger partial charge in [-0.25, -0.2) is 4.98 Å². The number of hydrogen-bond donors (Lipinski definition) is 1. The maximum Gasteiger partial charge on any atom is 0.251 e. The first-order valence-electron chi connectivity index (χ1n) is 8.65. The van der Waals surface area contributed by atoms with Crippen molar-refractivity contribution >= 4 is 17.7 Å². The number of carbonyl (C=O) groups excluding carboxylic acids is 1. The van der Waals surface area contributed by atoms with Crippen LogP contribution in [-0.4, -0.2) is 39.6 Å². The zero-order valence-electron chi connectivity index (χ0n) is 14.4. The maximum atomic E-state index is 12.5. The molecular weight excluding hydrogens is 334 g/mol. The molecule has 0 aliphatic carbocycles. The van der Waals surface area contributed by atoms with Gasteiger partial charge in [-0.15, -0.1) is 0 Å². The molecule has 0 radical (unpaired) electrons. The zero-order chi connectivity index (χ0) is 17.6. The summed E-state index contributed by atoms with van der Waals surface area (Å²) in [6, 6.07) is 12.0. The largest absolute Gasteiger partial charge is 0.342 e. The fraction of sp³-hybridized carbons (Fsp3) is 0.421. The van der Waals surface area contributed by atoms with Crippen LogP contribution in [0.4, 0.5) is 0 Å². The number of aryl methyl sites for hydroxylation is 1. The van der Waals surface area contributed by atoms with Gasteiger partial charge >= 0.3 is 0 Å². The van der Waals surface area contributed by atoms with E-state index in [2.05, 4.69) is 34.2 Å². The summed E-state index contributed by atoms with van der Waals surface area (Å²) in [7, 11) is 0. The number of benzene rings is 1. The van der Waals surface area contributed by atoms with Crippen molar-refractivity contribution < 1.29 is 4.79 Å². The molecule has 0 bridgehead atoms. The van der Waals surface area contributed by atoms with E-state index in [0.29, 0.717) is 22.5 Å². The molecule has 0 saturated carbocycles. The van der Waals surface area contributed by atoms with Crippen LogP contribution in [0.5, 0.6) is 0 Å². The van der Waals surface area contributed by atoms with Gasteiger partial charge in [0.2, 0.25) is 5.91 Å². The third-order valence-corrected chi connectivity index (χ3v) is 5.39. The molecule has 6 heteroatoms. The molecule has 0 spiro atoms. The Balaban J connectivity index is 1.55. The smallest absolute Gasteiger partial charge is 0.251 e. The summed E-state index contributed by atoms with van der Waals surface area (Å²) in [6.07, 6.45) is 3.14. The van der Waals surface area contributed by atoms with Crippen LogP contribution in [0, 0.1) is 6.92 Å². The first-order chi connectivity index (χ1) is 12.1. The summed E-state index contributed by atoms with van der Waals surface area (Å²) in [5.74, 6) is 0.951. The van der Waals surface area contributed by atoms with Crippen LogP contribution >= 0.6 is 11.8 Å². The molecule has 1 aliphatic heterocycles. The van der Waals surface area contributed by atoms with Gasteiger partial charge in [0.25, 0.3) is 5.56 Å². The number of rotatable bonds is 4. The predicted octanol–water partition coefficient (Wildman–Crippen LogP) is 2.97. The first kappa shape index (κ1) is 17.7. The molecule has 25 heavy (non-hydrogen) atoms. The Morgan fingerprint density at radius 3 is 2.84 bits per heavy atom. The number of amides is 1. The van der Waals surface area contributed by atoms with E-state index >= 15 is 0 Å². The van der Waals surface area contributed by atoms with E-state index in [1.807, 2.05) is 11.0 Å². The summed E-state index contributed by atoms with van der Waals surface area (Å²) < 4.78 is 0. The summed E-state index contributed by atoms with van der Waals surface area (Å²) in [6.45, 7) is 3.37. The number of carbonyl (C=O) groups is 1. The van der Waals surface area contributed by atoms with E-state index in [0.717, 1.165) is 32.4 Å². The zero-order valence-corrected chi connectivity index (χ0v) is 15.2. The van der Waals surface area contributed by atoms with Crippen molar-refractivity contribution in [1.82, 2.24) is 14.9 Å². The third-order valence-electron chi connectivity index (χ3n) is 4.53. The Morgan fingerprint density at radius 1 is 1.28 bits per heavy atom. The van der Waals surface area contributed by atoms with E-state index in [4.69, 9.17) is 0 Å². The van der Waals surface area contributed by atoms with Gasteiger partial charge in [0, 0.05) is 24.8 Å². The van der Waals surface area contributed by atoms with Gasteiger partial charge in [-0.1, -0.05) is 42.1 Å². The highest BCUT2D eigenvalue weighted by Gasteiger charge is 2.21.